The van der Waals surface area contributed by atoms with Crippen LogP contribution in [0.25, 0.3) is 0 Å². The SMILES string of the molecule is CNC(=O)[C@@](C)(C(=O)NO)N(C)C(=O)c1ccc(C#Cc2ccc(C(O)CO)c(F)c2)cc1. The van der Waals surface area contributed by atoms with Gasteiger partial charge < -0.3 is 20.4 Å². The molecule has 5 N–H and O–H groups in total. The standard InChI is InChI=1S/C23H24FN3O6/c1-23(21(31)25-2,22(32)26-33)27(3)20(30)16-9-6-14(7-10-16)4-5-15-8-11-17(18(24)12-15)19(29)13-28/h6-12,19,28-29,33H,13H2,1-3H3,(H,25,31)(H,26,32)/t19?,23-/m0/s1. The van der Waals surface area contributed by atoms with Crippen LogP contribution in [-0.2, 0) is 9.59 Å². The predicted octanol–water partition coefficient (Wildman–Crippen LogP) is 0.333. The molecule has 0 aliphatic heterocycles. The van der Waals surface area contributed by atoms with E-state index in [4.69, 9.17) is 10.3 Å². The Kier molecular flexibility index (Phi) is 8.26. The number of carbonyl (C=O) groups is 3. The number of nitrogens with zero attached hydrogens (tertiary/aromatic N) is 1. The Morgan fingerprint density at radius 3 is 2.18 bits per heavy atom. The second-order valence-corrected chi connectivity index (χ2v) is 7.22. The highest BCUT2D eigenvalue weighted by Gasteiger charge is 2.47. The number of hydrogen-bond acceptors (Lipinski definition) is 6. The zero-order valence-corrected chi connectivity index (χ0v) is 18.2. The lowest BCUT2D eigenvalue weighted by Gasteiger charge is -2.34. The van der Waals surface area contributed by atoms with E-state index in [1.165, 1.54) is 62.9 Å². The number of hydrogen-bond donors (Lipinski definition) is 5. The first-order valence-corrected chi connectivity index (χ1v) is 9.75. The van der Waals surface area contributed by atoms with Gasteiger partial charge in [-0.2, -0.15) is 0 Å². The lowest BCUT2D eigenvalue weighted by molar-refractivity contribution is -0.148. The lowest BCUT2D eigenvalue weighted by Crippen LogP contribution is -2.64. The van der Waals surface area contributed by atoms with Gasteiger partial charge in [0.25, 0.3) is 17.7 Å². The van der Waals surface area contributed by atoms with Gasteiger partial charge in [0.15, 0.2) is 5.54 Å². The lowest BCUT2D eigenvalue weighted by atomic mass is 9.96. The second-order valence-electron chi connectivity index (χ2n) is 7.22. The number of aliphatic hydroxyl groups is 2. The van der Waals surface area contributed by atoms with Crippen LogP contribution in [-0.4, -0.2) is 64.3 Å². The van der Waals surface area contributed by atoms with Gasteiger partial charge in [0.1, 0.15) is 11.9 Å². The number of nitrogens with one attached hydrogen (secondary N) is 2. The predicted molar refractivity (Wildman–Crippen MR) is 115 cm³/mol. The summed E-state index contributed by atoms with van der Waals surface area (Å²) in [6, 6.07) is 9.96. The Bertz CT molecular complexity index is 1090. The first kappa shape index (κ1) is 25.5. The van der Waals surface area contributed by atoms with Crippen molar-refractivity contribution in [3.05, 3.63) is 70.5 Å². The molecule has 0 fully saturated rings. The van der Waals surface area contributed by atoms with Crippen molar-refractivity contribution < 1.29 is 34.2 Å². The number of carbonyl (C=O) groups excluding carboxylic acids is 3. The summed E-state index contributed by atoms with van der Waals surface area (Å²) < 4.78 is 14.0. The van der Waals surface area contributed by atoms with Crippen LogP contribution in [0.3, 0.4) is 0 Å². The van der Waals surface area contributed by atoms with Gasteiger partial charge in [0, 0.05) is 36.3 Å². The van der Waals surface area contributed by atoms with E-state index in [1.54, 1.807) is 0 Å². The third-order valence-electron chi connectivity index (χ3n) is 5.20. The van der Waals surface area contributed by atoms with Crippen LogP contribution < -0.4 is 10.8 Å². The molecule has 0 heterocycles. The Morgan fingerprint density at radius 1 is 1.09 bits per heavy atom. The van der Waals surface area contributed by atoms with Crippen molar-refractivity contribution in [3.63, 3.8) is 0 Å². The van der Waals surface area contributed by atoms with E-state index >= 15 is 0 Å². The fourth-order valence-electron chi connectivity index (χ4n) is 2.97. The average molecular weight is 457 g/mol. The maximum absolute atomic E-state index is 14.0. The summed E-state index contributed by atoms with van der Waals surface area (Å²) in [4.78, 5) is 38.1. The minimum atomic E-state index is -2.00. The quantitative estimate of drug-likeness (QED) is 0.183. The van der Waals surface area contributed by atoms with E-state index in [0.717, 1.165) is 11.0 Å². The van der Waals surface area contributed by atoms with Gasteiger partial charge >= 0.3 is 0 Å². The first-order valence-electron chi connectivity index (χ1n) is 9.75. The van der Waals surface area contributed by atoms with Gasteiger partial charge in [-0.05, 0) is 43.3 Å². The zero-order valence-electron chi connectivity index (χ0n) is 18.2. The number of benzene rings is 2. The maximum Gasteiger partial charge on any atom is 0.278 e. The summed E-state index contributed by atoms with van der Waals surface area (Å²) in [5.41, 5.74) is 0.386. The van der Waals surface area contributed by atoms with Crippen LogP contribution in [0.5, 0.6) is 0 Å². The first-order chi connectivity index (χ1) is 15.6. The molecule has 174 valence electrons. The van der Waals surface area contributed by atoms with Crippen molar-refractivity contribution in [3.8, 4) is 11.8 Å². The smallest absolute Gasteiger partial charge is 0.278 e. The number of halogens is 1. The third-order valence-corrected chi connectivity index (χ3v) is 5.20. The number of aliphatic hydroxyl groups excluding tert-OH is 2. The minimum Gasteiger partial charge on any atom is -0.393 e. The van der Waals surface area contributed by atoms with Crippen LogP contribution in [0.1, 0.15) is 40.1 Å². The molecule has 0 saturated heterocycles. The number of likely N-dealkylation sites (N-methyl/N-ethyl adjacent to an activating group) is 2. The molecule has 9 nitrogen and oxygen atoms in total. The molecule has 0 spiro atoms. The van der Waals surface area contributed by atoms with Crippen molar-refractivity contribution in [1.29, 1.82) is 0 Å². The van der Waals surface area contributed by atoms with Crippen molar-refractivity contribution in [2.24, 2.45) is 0 Å². The Hall–Kier alpha value is -3.78. The molecule has 2 aromatic rings. The van der Waals surface area contributed by atoms with Crippen molar-refractivity contribution in [1.82, 2.24) is 15.7 Å². The normalized spacial score (nSPS) is 13.1. The van der Waals surface area contributed by atoms with E-state index in [-0.39, 0.29) is 11.1 Å². The topological polar surface area (TPSA) is 139 Å². The Balaban J connectivity index is 2.24. The van der Waals surface area contributed by atoms with E-state index in [1.807, 2.05) is 0 Å². The molecule has 33 heavy (non-hydrogen) atoms. The largest absolute Gasteiger partial charge is 0.393 e. The van der Waals surface area contributed by atoms with E-state index in [2.05, 4.69) is 17.2 Å². The van der Waals surface area contributed by atoms with Gasteiger partial charge in [-0.3, -0.25) is 19.6 Å². The molecule has 0 radical (unpaired) electrons. The highest BCUT2D eigenvalue weighted by Crippen LogP contribution is 2.19. The number of hydroxylamine groups is 1. The maximum atomic E-state index is 14.0. The molecule has 0 aromatic heterocycles. The van der Waals surface area contributed by atoms with E-state index in [0.29, 0.717) is 11.1 Å². The van der Waals surface area contributed by atoms with Crippen LogP contribution in [0.15, 0.2) is 42.5 Å². The summed E-state index contributed by atoms with van der Waals surface area (Å²) in [6.45, 7) is 0.592. The highest BCUT2D eigenvalue weighted by molar-refractivity contribution is 6.12. The molecule has 2 rings (SSSR count). The Morgan fingerprint density at radius 2 is 1.67 bits per heavy atom. The summed E-state index contributed by atoms with van der Waals surface area (Å²) in [5.74, 6) is 2.36. The van der Waals surface area contributed by atoms with E-state index < -0.39 is 41.8 Å². The van der Waals surface area contributed by atoms with Gasteiger partial charge in [-0.1, -0.05) is 17.9 Å². The minimum absolute atomic E-state index is 0.0336. The number of amides is 3. The van der Waals surface area contributed by atoms with Gasteiger partial charge in [-0.15, -0.1) is 0 Å². The average Bonchev–Trinajstić information content (AvgIpc) is 2.84. The molecule has 10 heteroatoms. The Labute approximate surface area is 189 Å². The van der Waals surface area contributed by atoms with Gasteiger partial charge in [0.05, 0.1) is 6.61 Å². The summed E-state index contributed by atoms with van der Waals surface area (Å²) in [5, 5.41) is 29.8. The molecule has 3 amide bonds. The fourth-order valence-corrected chi connectivity index (χ4v) is 2.97. The molecular formula is C23H24FN3O6. The zero-order chi connectivity index (χ0) is 24.8. The van der Waals surface area contributed by atoms with Crippen LogP contribution in [0, 0.1) is 17.7 Å². The monoisotopic (exact) mass is 457 g/mol. The van der Waals surface area contributed by atoms with Crippen LogP contribution in [0.4, 0.5) is 4.39 Å². The fraction of sp³-hybridized carbons (Fsp3) is 0.261. The van der Waals surface area contributed by atoms with Gasteiger partial charge in [-0.25, -0.2) is 9.87 Å². The third kappa shape index (κ3) is 5.35. The van der Waals surface area contributed by atoms with Gasteiger partial charge in [0.2, 0.25) is 0 Å². The van der Waals surface area contributed by atoms with Crippen LogP contribution in [0.2, 0.25) is 0 Å². The summed E-state index contributed by atoms with van der Waals surface area (Å²) in [7, 11) is 2.55. The number of rotatable bonds is 6. The highest BCUT2D eigenvalue weighted by atomic mass is 19.1. The van der Waals surface area contributed by atoms with Crippen molar-refractivity contribution in [2.45, 2.75) is 18.6 Å². The molecule has 2 aromatic carbocycles. The van der Waals surface area contributed by atoms with Crippen molar-refractivity contribution >= 4 is 17.7 Å². The molecule has 0 saturated carbocycles. The van der Waals surface area contributed by atoms with E-state index in [9.17, 15) is 23.9 Å². The van der Waals surface area contributed by atoms with Crippen molar-refractivity contribution in [2.75, 3.05) is 20.7 Å². The summed E-state index contributed by atoms with van der Waals surface area (Å²) >= 11 is 0. The van der Waals surface area contributed by atoms with Crippen LogP contribution >= 0.6 is 0 Å². The summed E-state index contributed by atoms with van der Waals surface area (Å²) in [6.07, 6.45) is -1.32. The molecular weight excluding hydrogens is 433 g/mol. The second kappa shape index (κ2) is 10.7. The molecule has 1 unspecified atom stereocenters. The molecule has 2 atom stereocenters. The molecule has 0 bridgehead atoms. The molecule has 0 aliphatic carbocycles. The molecule has 0 aliphatic rings.